The monoisotopic (exact) mass is 272 g/mol. The number of fused-ring (bicyclic) bond motifs is 2. The summed E-state index contributed by atoms with van der Waals surface area (Å²) in [5.41, 5.74) is 1.44. The molecule has 1 atom stereocenters. The van der Waals surface area contributed by atoms with Gasteiger partial charge in [-0.25, -0.2) is 0 Å². The fourth-order valence-electron chi connectivity index (χ4n) is 2.26. The molecule has 2 aromatic carbocycles. The summed E-state index contributed by atoms with van der Waals surface area (Å²) in [6, 6.07) is 10.5. The molecule has 0 amide bonds. The summed E-state index contributed by atoms with van der Waals surface area (Å²) in [5.74, 6) is -0.756. The molecule has 0 saturated carbocycles. The summed E-state index contributed by atoms with van der Waals surface area (Å²) in [6.45, 7) is 1.86. The van der Waals surface area contributed by atoms with Gasteiger partial charge < -0.3 is 10.2 Å². The molecule has 1 aliphatic rings. The lowest BCUT2D eigenvalue weighted by Crippen LogP contribution is -2.09. The molecular weight excluding hydrogens is 260 g/mol. The molecule has 0 saturated heterocycles. The summed E-state index contributed by atoms with van der Waals surface area (Å²) in [4.78, 5) is 14.1. The van der Waals surface area contributed by atoms with Crippen molar-refractivity contribution in [1.82, 2.24) is 0 Å². The van der Waals surface area contributed by atoms with Crippen molar-refractivity contribution in [3.05, 3.63) is 47.5 Å². The van der Waals surface area contributed by atoms with E-state index in [9.17, 15) is 15.0 Å². The summed E-state index contributed by atoms with van der Waals surface area (Å²) in [7, 11) is 0. The molecule has 0 fully saturated rings. The quantitative estimate of drug-likeness (QED) is 0.720. The number of carbonyl (C=O) groups excluding carboxylic acids is 1. The predicted molar refractivity (Wildman–Crippen MR) is 73.1 cm³/mol. The van der Waals surface area contributed by atoms with Crippen LogP contribution in [0.2, 0.25) is 0 Å². The van der Waals surface area contributed by atoms with E-state index in [0.717, 1.165) is 10.5 Å². The summed E-state index contributed by atoms with van der Waals surface area (Å²) in [5, 5.41) is 19.2. The van der Waals surface area contributed by atoms with Crippen molar-refractivity contribution >= 4 is 17.5 Å². The normalized spacial score (nSPS) is 17.5. The van der Waals surface area contributed by atoms with Crippen molar-refractivity contribution in [2.24, 2.45) is 0 Å². The molecule has 0 spiro atoms. The SMILES string of the molecule is CC1C(=O)c2cc(O)c(O)cc2Sc2ccccc21. The van der Waals surface area contributed by atoms with Crippen molar-refractivity contribution in [1.29, 1.82) is 0 Å². The number of hydrogen-bond acceptors (Lipinski definition) is 4. The number of phenolic OH excluding ortho intramolecular Hbond substituents is 2. The molecule has 19 heavy (non-hydrogen) atoms. The highest BCUT2D eigenvalue weighted by Gasteiger charge is 2.27. The lowest BCUT2D eigenvalue weighted by Gasteiger charge is -2.10. The minimum Gasteiger partial charge on any atom is -0.504 e. The smallest absolute Gasteiger partial charge is 0.171 e. The zero-order chi connectivity index (χ0) is 13.6. The first-order valence-corrected chi connectivity index (χ1v) is 6.76. The van der Waals surface area contributed by atoms with Crippen LogP contribution in [0.1, 0.15) is 28.8 Å². The van der Waals surface area contributed by atoms with Crippen LogP contribution < -0.4 is 0 Å². The van der Waals surface area contributed by atoms with Gasteiger partial charge in [0.05, 0.1) is 0 Å². The number of carbonyl (C=O) groups is 1. The van der Waals surface area contributed by atoms with E-state index in [4.69, 9.17) is 0 Å². The van der Waals surface area contributed by atoms with Crippen LogP contribution >= 0.6 is 11.8 Å². The van der Waals surface area contributed by atoms with E-state index in [1.165, 1.54) is 23.9 Å². The highest BCUT2D eigenvalue weighted by Crippen LogP contribution is 2.44. The van der Waals surface area contributed by atoms with Crippen LogP contribution in [-0.4, -0.2) is 16.0 Å². The molecule has 0 bridgehead atoms. The number of rotatable bonds is 0. The highest BCUT2D eigenvalue weighted by molar-refractivity contribution is 7.99. The van der Waals surface area contributed by atoms with Crippen LogP contribution in [0.25, 0.3) is 0 Å². The van der Waals surface area contributed by atoms with Crippen LogP contribution in [-0.2, 0) is 0 Å². The number of benzene rings is 2. The molecule has 3 nitrogen and oxygen atoms in total. The second kappa shape index (κ2) is 4.31. The van der Waals surface area contributed by atoms with Gasteiger partial charge in [-0.2, -0.15) is 0 Å². The van der Waals surface area contributed by atoms with Gasteiger partial charge in [0.15, 0.2) is 17.3 Å². The maximum atomic E-state index is 12.5. The van der Waals surface area contributed by atoms with E-state index >= 15 is 0 Å². The third-order valence-corrected chi connectivity index (χ3v) is 4.49. The lowest BCUT2D eigenvalue weighted by molar-refractivity contribution is 0.0962. The van der Waals surface area contributed by atoms with Gasteiger partial charge in [-0.3, -0.25) is 4.79 Å². The van der Waals surface area contributed by atoms with Crippen LogP contribution in [0.5, 0.6) is 11.5 Å². The van der Waals surface area contributed by atoms with Gasteiger partial charge in [-0.15, -0.1) is 0 Å². The first kappa shape index (κ1) is 12.1. The number of ketones is 1. The van der Waals surface area contributed by atoms with E-state index in [-0.39, 0.29) is 23.2 Å². The van der Waals surface area contributed by atoms with Gasteiger partial charge in [-0.05, 0) is 23.8 Å². The average Bonchev–Trinajstić information content (AvgIpc) is 2.50. The average molecular weight is 272 g/mol. The second-order valence-electron chi connectivity index (χ2n) is 4.56. The Labute approximate surface area is 114 Å². The van der Waals surface area contributed by atoms with Gasteiger partial charge in [0.2, 0.25) is 0 Å². The first-order chi connectivity index (χ1) is 9.08. The van der Waals surface area contributed by atoms with Gasteiger partial charge in [0.25, 0.3) is 0 Å². The highest BCUT2D eigenvalue weighted by atomic mass is 32.2. The van der Waals surface area contributed by atoms with Crippen LogP contribution in [0, 0.1) is 0 Å². The molecule has 1 heterocycles. The zero-order valence-electron chi connectivity index (χ0n) is 10.3. The van der Waals surface area contributed by atoms with Crippen molar-refractivity contribution in [2.75, 3.05) is 0 Å². The molecule has 0 aliphatic carbocycles. The molecular formula is C15H12O3S. The van der Waals surface area contributed by atoms with Crippen molar-refractivity contribution in [3.63, 3.8) is 0 Å². The van der Waals surface area contributed by atoms with Crippen LogP contribution in [0.4, 0.5) is 0 Å². The Kier molecular flexibility index (Phi) is 2.75. The minimum atomic E-state index is -0.258. The Hall–Kier alpha value is -1.94. The third kappa shape index (κ3) is 1.88. The van der Waals surface area contributed by atoms with Crippen molar-refractivity contribution in [3.8, 4) is 11.5 Å². The van der Waals surface area contributed by atoms with Gasteiger partial charge in [-0.1, -0.05) is 36.9 Å². The van der Waals surface area contributed by atoms with E-state index in [1.807, 2.05) is 31.2 Å². The van der Waals surface area contributed by atoms with E-state index < -0.39 is 0 Å². The third-order valence-electron chi connectivity index (χ3n) is 3.34. The van der Waals surface area contributed by atoms with Gasteiger partial charge >= 0.3 is 0 Å². The maximum absolute atomic E-state index is 12.5. The molecule has 2 aromatic rings. The topological polar surface area (TPSA) is 57.5 Å². The Morgan fingerprint density at radius 3 is 2.53 bits per heavy atom. The molecule has 96 valence electrons. The first-order valence-electron chi connectivity index (χ1n) is 5.95. The molecule has 1 aliphatic heterocycles. The summed E-state index contributed by atoms with van der Waals surface area (Å²) in [6.07, 6.45) is 0. The van der Waals surface area contributed by atoms with Crippen molar-refractivity contribution in [2.45, 2.75) is 22.6 Å². The Bertz CT molecular complexity index is 679. The van der Waals surface area contributed by atoms with E-state index in [1.54, 1.807) is 0 Å². The molecule has 2 N–H and O–H groups in total. The number of aromatic hydroxyl groups is 2. The number of Topliss-reactive ketones (excluding diaryl/α,β-unsaturated/α-hetero) is 1. The summed E-state index contributed by atoms with van der Waals surface area (Å²) >= 11 is 1.44. The van der Waals surface area contributed by atoms with Crippen LogP contribution in [0.3, 0.4) is 0 Å². The predicted octanol–water partition coefficient (Wildman–Crippen LogP) is 3.55. The van der Waals surface area contributed by atoms with Crippen LogP contribution in [0.15, 0.2) is 46.2 Å². The van der Waals surface area contributed by atoms with Gasteiger partial charge in [0, 0.05) is 21.3 Å². The van der Waals surface area contributed by atoms with E-state index in [2.05, 4.69) is 0 Å². The molecule has 1 unspecified atom stereocenters. The van der Waals surface area contributed by atoms with Crippen molar-refractivity contribution < 1.29 is 15.0 Å². The van der Waals surface area contributed by atoms with Gasteiger partial charge in [0.1, 0.15) is 0 Å². The van der Waals surface area contributed by atoms with E-state index in [0.29, 0.717) is 10.5 Å². The molecule has 3 rings (SSSR count). The lowest BCUT2D eigenvalue weighted by atomic mass is 9.92. The molecule has 0 aromatic heterocycles. The largest absolute Gasteiger partial charge is 0.504 e. The minimum absolute atomic E-state index is 0.0391. The Balaban J connectivity index is 2.25. The Morgan fingerprint density at radius 1 is 1.05 bits per heavy atom. The molecule has 0 radical (unpaired) electrons. The summed E-state index contributed by atoms with van der Waals surface area (Å²) < 4.78 is 0. The standard InChI is InChI=1S/C15H12O3S/c1-8-9-4-2-3-5-13(9)19-14-7-12(17)11(16)6-10(14)15(8)18/h2-8,16-17H,1H3. The Morgan fingerprint density at radius 2 is 1.74 bits per heavy atom. The zero-order valence-corrected chi connectivity index (χ0v) is 11.1. The number of hydrogen-bond donors (Lipinski definition) is 2. The molecule has 4 heteroatoms. The number of phenols is 2. The fraction of sp³-hybridized carbons (Fsp3) is 0.133. The fourth-order valence-corrected chi connectivity index (χ4v) is 3.45. The maximum Gasteiger partial charge on any atom is 0.171 e. The second-order valence-corrected chi connectivity index (χ2v) is 5.65.